The van der Waals surface area contributed by atoms with E-state index in [1.807, 2.05) is 0 Å². The first-order chi connectivity index (χ1) is 8.76. The SMILES string of the molecule is CNc1cncc(NCCC(=O)NCCOC)n1. The van der Waals surface area contributed by atoms with Crippen LogP contribution >= 0.6 is 0 Å². The fraction of sp³-hybridized carbons (Fsp3) is 0.545. The minimum atomic E-state index is -0.0164. The molecule has 1 rings (SSSR count). The van der Waals surface area contributed by atoms with E-state index < -0.39 is 0 Å². The van der Waals surface area contributed by atoms with Gasteiger partial charge in [-0.05, 0) is 0 Å². The normalized spacial score (nSPS) is 9.89. The summed E-state index contributed by atoms with van der Waals surface area (Å²) in [5.41, 5.74) is 0. The van der Waals surface area contributed by atoms with Gasteiger partial charge in [0.25, 0.3) is 0 Å². The van der Waals surface area contributed by atoms with Crippen LogP contribution in [-0.4, -0.2) is 49.7 Å². The monoisotopic (exact) mass is 253 g/mol. The Hall–Kier alpha value is -1.89. The third kappa shape index (κ3) is 5.44. The smallest absolute Gasteiger partial charge is 0.221 e. The first kappa shape index (κ1) is 14.2. The lowest BCUT2D eigenvalue weighted by Crippen LogP contribution is -2.28. The van der Waals surface area contributed by atoms with Gasteiger partial charge in [0.1, 0.15) is 11.6 Å². The first-order valence-electron chi connectivity index (χ1n) is 5.75. The second-order valence-electron chi connectivity index (χ2n) is 3.56. The maximum atomic E-state index is 11.4. The number of carbonyl (C=O) groups excluding carboxylic acids is 1. The van der Waals surface area contributed by atoms with Crippen molar-refractivity contribution in [3.63, 3.8) is 0 Å². The Morgan fingerprint density at radius 2 is 2.11 bits per heavy atom. The number of amides is 1. The third-order valence-electron chi connectivity index (χ3n) is 2.18. The quantitative estimate of drug-likeness (QED) is 0.569. The molecule has 3 N–H and O–H groups in total. The van der Waals surface area contributed by atoms with Crippen LogP contribution in [0, 0.1) is 0 Å². The van der Waals surface area contributed by atoms with Gasteiger partial charge in [-0.1, -0.05) is 0 Å². The molecule has 0 saturated heterocycles. The summed E-state index contributed by atoms with van der Waals surface area (Å²) in [6, 6.07) is 0. The van der Waals surface area contributed by atoms with Crippen molar-refractivity contribution in [1.29, 1.82) is 0 Å². The van der Waals surface area contributed by atoms with Crippen molar-refractivity contribution in [1.82, 2.24) is 15.3 Å². The molecule has 18 heavy (non-hydrogen) atoms. The van der Waals surface area contributed by atoms with Gasteiger partial charge in [0, 0.05) is 33.7 Å². The summed E-state index contributed by atoms with van der Waals surface area (Å²) in [6.07, 6.45) is 3.63. The Morgan fingerprint density at radius 1 is 1.33 bits per heavy atom. The predicted molar refractivity (Wildman–Crippen MR) is 69.6 cm³/mol. The van der Waals surface area contributed by atoms with Gasteiger partial charge in [0.2, 0.25) is 5.91 Å². The number of hydrogen-bond acceptors (Lipinski definition) is 6. The van der Waals surface area contributed by atoms with E-state index in [2.05, 4.69) is 25.9 Å². The van der Waals surface area contributed by atoms with E-state index in [0.717, 1.165) is 0 Å². The number of nitrogens with one attached hydrogen (secondary N) is 3. The van der Waals surface area contributed by atoms with Crippen LogP contribution in [0.25, 0.3) is 0 Å². The van der Waals surface area contributed by atoms with Crippen LogP contribution < -0.4 is 16.0 Å². The average molecular weight is 253 g/mol. The Labute approximate surface area is 106 Å². The van der Waals surface area contributed by atoms with Crippen molar-refractivity contribution in [3.8, 4) is 0 Å². The molecule has 7 nitrogen and oxygen atoms in total. The van der Waals surface area contributed by atoms with Crippen LogP contribution in [0.3, 0.4) is 0 Å². The molecule has 0 saturated carbocycles. The summed E-state index contributed by atoms with van der Waals surface area (Å²) >= 11 is 0. The molecule has 0 atom stereocenters. The van der Waals surface area contributed by atoms with Gasteiger partial charge in [-0.2, -0.15) is 0 Å². The Kier molecular flexibility index (Phi) is 6.49. The molecule has 0 unspecified atom stereocenters. The molecule has 100 valence electrons. The number of anilines is 2. The van der Waals surface area contributed by atoms with Gasteiger partial charge >= 0.3 is 0 Å². The number of methoxy groups -OCH3 is 1. The second kappa shape index (κ2) is 8.24. The van der Waals surface area contributed by atoms with Gasteiger partial charge in [-0.25, -0.2) is 4.98 Å². The molecule has 0 fully saturated rings. The molecular formula is C11H19N5O2. The van der Waals surface area contributed by atoms with Gasteiger partial charge in [-0.3, -0.25) is 9.78 Å². The lowest BCUT2D eigenvalue weighted by atomic mass is 10.4. The molecule has 1 aromatic heterocycles. The standard InChI is InChI=1S/C11H19N5O2/c1-12-9-7-13-8-10(16-9)14-4-3-11(17)15-5-6-18-2/h7-8H,3-6H2,1-2H3,(H,15,17)(H2,12,14,16). The molecule has 1 heterocycles. The van der Waals surface area contributed by atoms with Gasteiger partial charge in [0.05, 0.1) is 19.0 Å². The maximum Gasteiger partial charge on any atom is 0.221 e. The highest BCUT2D eigenvalue weighted by molar-refractivity contribution is 5.76. The molecule has 0 aliphatic carbocycles. The number of aromatic nitrogens is 2. The van der Waals surface area contributed by atoms with Crippen LogP contribution in [-0.2, 0) is 9.53 Å². The molecule has 1 aromatic rings. The molecule has 0 spiro atoms. The summed E-state index contributed by atoms with van der Waals surface area (Å²) in [4.78, 5) is 19.6. The van der Waals surface area contributed by atoms with E-state index in [9.17, 15) is 4.79 Å². The summed E-state index contributed by atoms with van der Waals surface area (Å²) in [6.45, 7) is 1.57. The minimum absolute atomic E-state index is 0.0164. The van der Waals surface area contributed by atoms with E-state index in [-0.39, 0.29) is 5.91 Å². The molecule has 7 heteroatoms. The van der Waals surface area contributed by atoms with E-state index in [1.165, 1.54) is 0 Å². The van der Waals surface area contributed by atoms with Crippen LogP contribution in [0.5, 0.6) is 0 Å². The zero-order chi connectivity index (χ0) is 13.2. The molecule has 0 aromatic carbocycles. The average Bonchev–Trinajstić information content (AvgIpc) is 2.39. The van der Waals surface area contributed by atoms with E-state index >= 15 is 0 Å². The van der Waals surface area contributed by atoms with Crippen LogP contribution in [0.15, 0.2) is 12.4 Å². The Morgan fingerprint density at radius 3 is 2.83 bits per heavy atom. The molecule has 0 bridgehead atoms. The number of nitrogens with zero attached hydrogens (tertiary/aromatic N) is 2. The van der Waals surface area contributed by atoms with Crippen molar-refractivity contribution in [2.45, 2.75) is 6.42 Å². The first-order valence-corrected chi connectivity index (χ1v) is 5.75. The van der Waals surface area contributed by atoms with Crippen molar-refractivity contribution in [3.05, 3.63) is 12.4 Å². The maximum absolute atomic E-state index is 11.4. The highest BCUT2D eigenvalue weighted by atomic mass is 16.5. The van der Waals surface area contributed by atoms with Crippen LogP contribution in [0.4, 0.5) is 11.6 Å². The molecule has 0 aliphatic heterocycles. The highest BCUT2D eigenvalue weighted by Crippen LogP contribution is 2.05. The fourth-order valence-electron chi connectivity index (χ4n) is 1.26. The minimum Gasteiger partial charge on any atom is -0.383 e. The topological polar surface area (TPSA) is 88.2 Å². The predicted octanol–water partition coefficient (Wildman–Crippen LogP) is 0.0829. The molecule has 1 amide bonds. The number of hydrogen-bond donors (Lipinski definition) is 3. The lowest BCUT2D eigenvalue weighted by molar-refractivity contribution is -0.121. The van der Waals surface area contributed by atoms with Gasteiger partial charge in [-0.15, -0.1) is 0 Å². The second-order valence-corrected chi connectivity index (χ2v) is 3.56. The van der Waals surface area contributed by atoms with E-state index in [0.29, 0.717) is 37.8 Å². The van der Waals surface area contributed by atoms with Crippen molar-refractivity contribution in [2.24, 2.45) is 0 Å². The summed E-state index contributed by atoms with van der Waals surface area (Å²) in [5.74, 6) is 1.31. The molecule has 0 aliphatic rings. The Bertz CT molecular complexity index is 372. The van der Waals surface area contributed by atoms with Gasteiger partial charge in [0.15, 0.2) is 0 Å². The van der Waals surface area contributed by atoms with Crippen molar-refractivity contribution >= 4 is 17.5 Å². The number of carbonyl (C=O) groups is 1. The van der Waals surface area contributed by atoms with Gasteiger partial charge < -0.3 is 20.7 Å². The van der Waals surface area contributed by atoms with Crippen LogP contribution in [0.1, 0.15) is 6.42 Å². The molecular weight excluding hydrogens is 234 g/mol. The number of ether oxygens (including phenoxy) is 1. The van der Waals surface area contributed by atoms with E-state index in [4.69, 9.17) is 4.74 Å². The highest BCUT2D eigenvalue weighted by Gasteiger charge is 2.01. The zero-order valence-corrected chi connectivity index (χ0v) is 10.7. The zero-order valence-electron chi connectivity index (χ0n) is 10.7. The van der Waals surface area contributed by atoms with Crippen LogP contribution in [0.2, 0.25) is 0 Å². The third-order valence-corrected chi connectivity index (χ3v) is 2.18. The lowest BCUT2D eigenvalue weighted by Gasteiger charge is -2.07. The fourth-order valence-corrected chi connectivity index (χ4v) is 1.26. The van der Waals surface area contributed by atoms with Crippen molar-refractivity contribution < 1.29 is 9.53 Å². The summed E-state index contributed by atoms with van der Waals surface area (Å²) < 4.78 is 4.84. The number of rotatable bonds is 8. The summed E-state index contributed by atoms with van der Waals surface area (Å²) in [7, 11) is 3.37. The molecule has 0 radical (unpaired) electrons. The van der Waals surface area contributed by atoms with Crippen molar-refractivity contribution in [2.75, 3.05) is 44.5 Å². The summed E-state index contributed by atoms with van der Waals surface area (Å²) in [5, 5.41) is 8.67. The Balaban J connectivity index is 2.22. The largest absolute Gasteiger partial charge is 0.383 e. The van der Waals surface area contributed by atoms with E-state index in [1.54, 1.807) is 26.6 Å².